The summed E-state index contributed by atoms with van der Waals surface area (Å²) in [5.41, 5.74) is 1.46. The normalized spacial score (nSPS) is 19.7. The number of anilines is 2. The van der Waals surface area contributed by atoms with Gasteiger partial charge in [0.25, 0.3) is 0 Å². The molecule has 0 spiro atoms. The molecule has 1 fully saturated rings. The highest BCUT2D eigenvalue weighted by molar-refractivity contribution is 7.90. The second kappa shape index (κ2) is 8.05. The van der Waals surface area contributed by atoms with E-state index in [4.69, 9.17) is 4.74 Å². The summed E-state index contributed by atoms with van der Waals surface area (Å²) in [6.45, 7) is 0. The molecule has 0 radical (unpaired) electrons. The van der Waals surface area contributed by atoms with Crippen LogP contribution in [0.25, 0.3) is 11.2 Å². The number of aromatic nitrogens is 5. The fraction of sp³-hybridized carbons (Fsp3) is 0.474. The van der Waals surface area contributed by atoms with Crippen molar-refractivity contribution in [3.63, 3.8) is 0 Å². The molecule has 0 bridgehead atoms. The second-order valence-electron chi connectivity index (χ2n) is 7.68. The van der Waals surface area contributed by atoms with E-state index in [0.29, 0.717) is 28.7 Å². The lowest BCUT2D eigenvalue weighted by atomic mass is 9.87. The molecule has 0 saturated heterocycles. The van der Waals surface area contributed by atoms with Gasteiger partial charge >= 0.3 is 5.69 Å². The van der Waals surface area contributed by atoms with Gasteiger partial charge in [0.1, 0.15) is 21.0 Å². The van der Waals surface area contributed by atoms with Crippen LogP contribution in [0, 0.1) is 5.92 Å². The number of imidazole rings is 1. The molecule has 1 saturated carbocycles. The van der Waals surface area contributed by atoms with Crippen LogP contribution >= 0.6 is 0 Å². The average molecular weight is 433 g/mol. The fourth-order valence-electron chi connectivity index (χ4n) is 4.08. The van der Waals surface area contributed by atoms with E-state index in [9.17, 15) is 13.2 Å². The number of nitrogens with zero attached hydrogens (tertiary/aromatic N) is 4. The standard InChI is InChI=1S/C19H24N6O4S/c1-29-17-14(4-3-9-20-17)22-18-21-10-15-16(24-18)25(19(26)23-15)13-7-5-12(6-8-13)11-30(2,27)28/h3-4,9-10,12-13H,5-8,11H2,1-2H3,(H,23,26)(H,21,22,24). The summed E-state index contributed by atoms with van der Waals surface area (Å²) in [6, 6.07) is 3.54. The number of rotatable bonds is 6. The Morgan fingerprint density at radius 3 is 2.73 bits per heavy atom. The van der Waals surface area contributed by atoms with E-state index >= 15 is 0 Å². The Bertz CT molecular complexity index is 1210. The maximum Gasteiger partial charge on any atom is 0.327 e. The number of aromatic amines is 1. The molecule has 160 valence electrons. The summed E-state index contributed by atoms with van der Waals surface area (Å²) in [4.78, 5) is 28.4. The number of ether oxygens (including phenoxy) is 1. The van der Waals surface area contributed by atoms with Gasteiger partial charge in [0.15, 0.2) is 5.65 Å². The largest absolute Gasteiger partial charge is 0.480 e. The first-order valence-electron chi connectivity index (χ1n) is 9.75. The highest BCUT2D eigenvalue weighted by Gasteiger charge is 2.27. The van der Waals surface area contributed by atoms with Crippen molar-refractivity contribution in [2.24, 2.45) is 5.92 Å². The second-order valence-corrected chi connectivity index (χ2v) is 9.87. The van der Waals surface area contributed by atoms with Crippen molar-refractivity contribution in [1.29, 1.82) is 0 Å². The van der Waals surface area contributed by atoms with Gasteiger partial charge in [-0.2, -0.15) is 4.98 Å². The zero-order valence-electron chi connectivity index (χ0n) is 16.8. The van der Waals surface area contributed by atoms with E-state index in [-0.39, 0.29) is 23.4 Å². The van der Waals surface area contributed by atoms with Crippen molar-refractivity contribution in [3.05, 3.63) is 35.0 Å². The maximum atomic E-state index is 12.6. The molecule has 0 aliphatic heterocycles. The molecular weight excluding hydrogens is 408 g/mol. The van der Waals surface area contributed by atoms with E-state index in [2.05, 4.69) is 25.3 Å². The Labute approximate surface area is 173 Å². The van der Waals surface area contributed by atoms with Crippen LogP contribution in [0.2, 0.25) is 0 Å². The van der Waals surface area contributed by atoms with Crippen molar-refractivity contribution >= 4 is 32.6 Å². The first-order chi connectivity index (χ1) is 14.3. The molecule has 11 heteroatoms. The molecule has 0 unspecified atom stereocenters. The Kier molecular flexibility index (Phi) is 5.46. The number of sulfone groups is 1. The zero-order chi connectivity index (χ0) is 21.3. The molecule has 0 atom stereocenters. The number of hydrogen-bond acceptors (Lipinski definition) is 8. The van der Waals surface area contributed by atoms with Gasteiger partial charge in [0.05, 0.1) is 19.1 Å². The van der Waals surface area contributed by atoms with E-state index in [0.717, 1.165) is 25.7 Å². The van der Waals surface area contributed by atoms with E-state index < -0.39 is 9.84 Å². The third-order valence-corrected chi connectivity index (χ3v) is 6.46. The van der Waals surface area contributed by atoms with E-state index in [1.54, 1.807) is 29.1 Å². The Hall–Kier alpha value is -2.95. The van der Waals surface area contributed by atoms with Crippen LogP contribution in [-0.2, 0) is 9.84 Å². The molecule has 4 rings (SSSR count). The minimum absolute atomic E-state index is 0.0299. The molecule has 1 aliphatic carbocycles. The van der Waals surface area contributed by atoms with Gasteiger partial charge in [-0.15, -0.1) is 0 Å². The van der Waals surface area contributed by atoms with E-state index in [1.165, 1.54) is 13.4 Å². The van der Waals surface area contributed by atoms with Crippen molar-refractivity contribution < 1.29 is 13.2 Å². The minimum atomic E-state index is -3.00. The molecule has 0 amide bonds. The van der Waals surface area contributed by atoms with Crippen LogP contribution in [0.4, 0.5) is 11.6 Å². The minimum Gasteiger partial charge on any atom is -0.480 e. The number of methoxy groups -OCH3 is 1. The third-order valence-electron chi connectivity index (χ3n) is 5.39. The van der Waals surface area contributed by atoms with E-state index in [1.807, 2.05) is 0 Å². The van der Waals surface area contributed by atoms with Crippen molar-refractivity contribution in [2.45, 2.75) is 31.7 Å². The zero-order valence-corrected chi connectivity index (χ0v) is 17.6. The molecule has 3 aromatic heterocycles. The van der Waals surface area contributed by atoms with Gasteiger partial charge in [-0.25, -0.2) is 23.2 Å². The summed E-state index contributed by atoms with van der Waals surface area (Å²) in [7, 11) is -1.47. The maximum absolute atomic E-state index is 12.6. The number of fused-ring (bicyclic) bond motifs is 1. The highest BCUT2D eigenvalue weighted by atomic mass is 32.2. The van der Waals surface area contributed by atoms with Gasteiger partial charge in [0.2, 0.25) is 11.8 Å². The highest BCUT2D eigenvalue weighted by Crippen LogP contribution is 2.33. The average Bonchev–Trinajstić information content (AvgIpc) is 3.03. The molecule has 3 heterocycles. The van der Waals surface area contributed by atoms with Crippen molar-refractivity contribution in [2.75, 3.05) is 24.4 Å². The summed E-state index contributed by atoms with van der Waals surface area (Å²) in [5.74, 6) is 1.08. The quantitative estimate of drug-likeness (QED) is 0.605. The van der Waals surface area contributed by atoms with Crippen LogP contribution in [0.15, 0.2) is 29.3 Å². The Morgan fingerprint density at radius 1 is 1.27 bits per heavy atom. The summed E-state index contributed by atoms with van der Waals surface area (Å²) < 4.78 is 30.1. The molecule has 1 aliphatic rings. The lowest BCUT2D eigenvalue weighted by Crippen LogP contribution is -2.28. The number of hydrogen-bond donors (Lipinski definition) is 2. The topological polar surface area (TPSA) is 132 Å². The van der Waals surface area contributed by atoms with Crippen LogP contribution in [0.1, 0.15) is 31.7 Å². The summed E-state index contributed by atoms with van der Waals surface area (Å²) in [5, 5.41) is 3.08. The number of H-pyrrole nitrogens is 1. The van der Waals surface area contributed by atoms with Gasteiger partial charge < -0.3 is 15.0 Å². The molecule has 2 N–H and O–H groups in total. The number of nitrogens with one attached hydrogen (secondary N) is 2. The summed E-state index contributed by atoms with van der Waals surface area (Å²) in [6.07, 6.45) is 7.46. The first-order valence-corrected chi connectivity index (χ1v) is 11.8. The van der Waals surface area contributed by atoms with Crippen LogP contribution in [-0.4, -0.2) is 52.0 Å². The van der Waals surface area contributed by atoms with Crippen LogP contribution in [0.5, 0.6) is 5.88 Å². The Balaban J connectivity index is 1.59. The van der Waals surface area contributed by atoms with Gasteiger partial charge in [-0.05, 0) is 43.7 Å². The van der Waals surface area contributed by atoms with Gasteiger partial charge in [-0.3, -0.25) is 4.57 Å². The molecule has 10 nitrogen and oxygen atoms in total. The predicted molar refractivity (Wildman–Crippen MR) is 113 cm³/mol. The molecule has 30 heavy (non-hydrogen) atoms. The van der Waals surface area contributed by atoms with Crippen molar-refractivity contribution in [3.8, 4) is 5.88 Å². The lowest BCUT2D eigenvalue weighted by molar-refractivity contribution is 0.290. The lowest BCUT2D eigenvalue weighted by Gasteiger charge is -2.28. The molecule has 0 aromatic carbocycles. The fourth-order valence-corrected chi connectivity index (χ4v) is 5.27. The van der Waals surface area contributed by atoms with Crippen molar-refractivity contribution in [1.82, 2.24) is 24.5 Å². The first kappa shape index (κ1) is 20.3. The summed E-state index contributed by atoms with van der Waals surface area (Å²) >= 11 is 0. The van der Waals surface area contributed by atoms with Crippen LogP contribution < -0.4 is 15.7 Å². The Morgan fingerprint density at radius 2 is 2.03 bits per heavy atom. The predicted octanol–water partition coefficient (Wildman–Crippen LogP) is 2.04. The third kappa shape index (κ3) is 4.30. The SMILES string of the molecule is COc1ncccc1Nc1ncc2[nH]c(=O)n(C3CCC(CS(C)(=O)=O)CC3)c2n1. The van der Waals surface area contributed by atoms with Crippen LogP contribution in [0.3, 0.4) is 0 Å². The number of pyridine rings is 1. The monoisotopic (exact) mass is 432 g/mol. The smallest absolute Gasteiger partial charge is 0.327 e. The van der Waals surface area contributed by atoms with Gasteiger partial charge in [-0.1, -0.05) is 0 Å². The molecule has 3 aromatic rings. The molecular formula is C19H24N6O4S. The van der Waals surface area contributed by atoms with Gasteiger partial charge in [0, 0.05) is 18.5 Å².